The first-order valence-electron chi connectivity index (χ1n) is 7.16. The number of carbonyl (C=O) groups excluding carboxylic acids is 2. The van der Waals surface area contributed by atoms with Crippen molar-refractivity contribution in [2.45, 2.75) is 25.4 Å². The van der Waals surface area contributed by atoms with E-state index in [1.54, 1.807) is 59.1 Å². The van der Waals surface area contributed by atoms with E-state index in [2.05, 4.69) is 15.5 Å². The van der Waals surface area contributed by atoms with Crippen LogP contribution in [0.25, 0.3) is 0 Å². The average molecular weight is 302 g/mol. The topological polar surface area (TPSA) is 85.0 Å². The van der Waals surface area contributed by atoms with Crippen LogP contribution < -0.4 is 10.2 Å². The van der Waals surface area contributed by atoms with Crippen LogP contribution in [0.2, 0.25) is 0 Å². The van der Waals surface area contributed by atoms with Crippen LogP contribution >= 0.6 is 0 Å². The van der Waals surface area contributed by atoms with Crippen molar-refractivity contribution >= 4 is 17.5 Å². The molecular formula is C14H18N6O2. The molecule has 2 aromatic heterocycles. The van der Waals surface area contributed by atoms with E-state index in [1.165, 1.54) is 0 Å². The van der Waals surface area contributed by atoms with Crippen LogP contribution in [-0.2, 0) is 16.6 Å². The molecular weight excluding hydrogens is 284 g/mol. The van der Waals surface area contributed by atoms with Gasteiger partial charge in [0.25, 0.3) is 0 Å². The van der Waals surface area contributed by atoms with Crippen LogP contribution in [0.5, 0.6) is 0 Å². The fraction of sp³-hybridized carbons (Fsp3) is 0.429. The highest BCUT2D eigenvalue weighted by molar-refractivity contribution is 6.01. The lowest BCUT2D eigenvalue weighted by atomic mass is 10.2. The van der Waals surface area contributed by atoms with Gasteiger partial charge in [0.05, 0.1) is 11.9 Å². The molecule has 0 spiro atoms. The number of carbonyl (C=O) groups is 2. The van der Waals surface area contributed by atoms with E-state index in [1.807, 2.05) is 0 Å². The van der Waals surface area contributed by atoms with Gasteiger partial charge in [-0.2, -0.15) is 10.2 Å². The molecule has 1 aliphatic heterocycles. The first-order chi connectivity index (χ1) is 10.6. The zero-order valence-electron chi connectivity index (χ0n) is 12.5. The van der Waals surface area contributed by atoms with E-state index in [0.717, 1.165) is 5.69 Å². The minimum Gasteiger partial charge on any atom is -0.342 e. The summed E-state index contributed by atoms with van der Waals surface area (Å²) >= 11 is 0. The molecule has 8 heteroatoms. The van der Waals surface area contributed by atoms with Gasteiger partial charge in [-0.1, -0.05) is 0 Å². The van der Waals surface area contributed by atoms with Gasteiger partial charge in [0.1, 0.15) is 12.1 Å². The maximum absolute atomic E-state index is 12.4. The number of hydrogen-bond donors (Lipinski definition) is 1. The Hall–Kier alpha value is -2.64. The van der Waals surface area contributed by atoms with E-state index < -0.39 is 12.1 Å². The number of aromatic nitrogens is 4. The second-order valence-electron chi connectivity index (χ2n) is 5.37. The van der Waals surface area contributed by atoms with Crippen molar-refractivity contribution in [1.82, 2.24) is 24.9 Å². The molecule has 1 fully saturated rings. The van der Waals surface area contributed by atoms with Gasteiger partial charge >= 0.3 is 0 Å². The predicted molar refractivity (Wildman–Crippen MR) is 79.0 cm³/mol. The van der Waals surface area contributed by atoms with E-state index in [4.69, 9.17) is 0 Å². The average Bonchev–Trinajstić information content (AvgIpc) is 3.21. The highest BCUT2D eigenvalue weighted by Gasteiger charge is 2.35. The highest BCUT2D eigenvalue weighted by atomic mass is 16.2. The molecule has 0 aromatic carbocycles. The molecule has 3 heterocycles. The second-order valence-corrected chi connectivity index (χ2v) is 5.37. The Morgan fingerprint density at radius 2 is 2.27 bits per heavy atom. The number of nitrogens with zero attached hydrogens (tertiary/aromatic N) is 5. The largest absolute Gasteiger partial charge is 0.342 e. The van der Waals surface area contributed by atoms with E-state index in [0.29, 0.717) is 13.0 Å². The number of anilines is 1. The molecule has 0 unspecified atom stereocenters. The molecule has 2 aromatic rings. The summed E-state index contributed by atoms with van der Waals surface area (Å²) < 4.78 is 3.21. The summed E-state index contributed by atoms with van der Waals surface area (Å²) in [5, 5.41) is 10.9. The summed E-state index contributed by atoms with van der Waals surface area (Å²) in [6, 6.07) is 0.815. The summed E-state index contributed by atoms with van der Waals surface area (Å²) in [7, 11) is 1.80. The Morgan fingerprint density at radius 3 is 2.91 bits per heavy atom. The molecule has 0 bridgehead atoms. The Labute approximate surface area is 127 Å². The molecule has 0 aliphatic carbocycles. The zero-order chi connectivity index (χ0) is 15.7. The van der Waals surface area contributed by atoms with E-state index in [9.17, 15) is 9.59 Å². The molecule has 0 saturated carbocycles. The molecule has 8 nitrogen and oxygen atoms in total. The number of hydrogen-bond acceptors (Lipinski definition) is 4. The molecule has 2 amide bonds. The normalized spacial score (nSPS) is 19.5. The van der Waals surface area contributed by atoms with Crippen molar-refractivity contribution in [3.05, 3.63) is 30.9 Å². The third-order valence-electron chi connectivity index (χ3n) is 3.83. The lowest BCUT2D eigenvalue weighted by molar-refractivity contribution is -0.128. The van der Waals surface area contributed by atoms with Crippen LogP contribution in [0, 0.1) is 0 Å². The van der Waals surface area contributed by atoms with Gasteiger partial charge in [-0.05, 0) is 19.4 Å². The van der Waals surface area contributed by atoms with Gasteiger partial charge in [0.2, 0.25) is 11.8 Å². The van der Waals surface area contributed by atoms with Gasteiger partial charge in [0.15, 0.2) is 0 Å². The number of nitrogens with one attached hydrogen (secondary N) is 1. The van der Waals surface area contributed by atoms with Crippen molar-refractivity contribution in [1.29, 1.82) is 0 Å². The van der Waals surface area contributed by atoms with Crippen LogP contribution in [0.4, 0.5) is 5.69 Å². The smallest absolute Gasteiger partial charge is 0.249 e. The number of aryl methyl sites for hydroxylation is 1. The minimum atomic E-state index is -0.495. The van der Waals surface area contributed by atoms with Crippen molar-refractivity contribution < 1.29 is 9.59 Å². The first kappa shape index (κ1) is 14.3. The Balaban J connectivity index is 1.64. The molecule has 3 rings (SSSR count). The van der Waals surface area contributed by atoms with Gasteiger partial charge in [-0.25, -0.2) is 0 Å². The summed E-state index contributed by atoms with van der Waals surface area (Å²) in [6.45, 7) is 2.33. The van der Waals surface area contributed by atoms with Gasteiger partial charge in [-0.15, -0.1) is 0 Å². The van der Waals surface area contributed by atoms with Crippen LogP contribution in [0.15, 0.2) is 30.9 Å². The predicted octanol–water partition coefficient (Wildman–Crippen LogP) is 0.0993. The third-order valence-corrected chi connectivity index (χ3v) is 3.83. The molecule has 22 heavy (non-hydrogen) atoms. The lowest BCUT2D eigenvalue weighted by Crippen LogP contribution is -2.44. The van der Waals surface area contributed by atoms with Crippen molar-refractivity contribution in [3.8, 4) is 0 Å². The van der Waals surface area contributed by atoms with Crippen LogP contribution in [0.3, 0.4) is 0 Å². The zero-order valence-corrected chi connectivity index (χ0v) is 12.5. The van der Waals surface area contributed by atoms with Crippen molar-refractivity contribution in [3.63, 3.8) is 0 Å². The standard InChI is InChI=1S/C14H18N6O2/c1-10(20-6-3-5-15-20)13(21)17-12-4-7-19(14(12)22)11-8-16-18(2)9-11/h3,5-6,8-10,12H,4,7H2,1-2H3,(H,17,21)/t10-,12+/m1/s1. The Bertz CT molecular complexity index is 677. The molecule has 0 radical (unpaired) electrons. The molecule has 1 saturated heterocycles. The third kappa shape index (κ3) is 2.59. The fourth-order valence-corrected chi connectivity index (χ4v) is 2.54. The Morgan fingerprint density at radius 1 is 1.45 bits per heavy atom. The molecule has 2 atom stereocenters. The molecule has 116 valence electrons. The fourth-order valence-electron chi connectivity index (χ4n) is 2.54. The van der Waals surface area contributed by atoms with Crippen molar-refractivity contribution in [2.24, 2.45) is 7.05 Å². The maximum Gasteiger partial charge on any atom is 0.249 e. The summed E-state index contributed by atoms with van der Waals surface area (Å²) in [4.78, 5) is 26.3. The van der Waals surface area contributed by atoms with Gasteiger partial charge < -0.3 is 10.2 Å². The summed E-state index contributed by atoms with van der Waals surface area (Å²) in [6.07, 6.45) is 7.37. The quantitative estimate of drug-likeness (QED) is 0.868. The maximum atomic E-state index is 12.4. The van der Waals surface area contributed by atoms with E-state index >= 15 is 0 Å². The minimum absolute atomic E-state index is 0.103. The van der Waals surface area contributed by atoms with Crippen LogP contribution in [-0.4, -0.2) is 44.0 Å². The lowest BCUT2D eigenvalue weighted by Gasteiger charge is -2.17. The summed E-state index contributed by atoms with van der Waals surface area (Å²) in [5.74, 6) is -0.316. The molecule has 1 N–H and O–H groups in total. The number of amides is 2. The highest BCUT2D eigenvalue weighted by Crippen LogP contribution is 2.21. The number of rotatable bonds is 4. The first-order valence-corrected chi connectivity index (χ1v) is 7.16. The second kappa shape index (κ2) is 5.63. The van der Waals surface area contributed by atoms with Gasteiger partial charge in [0, 0.05) is 32.2 Å². The van der Waals surface area contributed by atoms with Gasteiger partial charge in [-0.3, -0.25) is 19.0 Å². The van der Waals surface area contributed by atoms with Crippen LogP contribution in [0.1, 0.15) is 19.4 Å². The van der Waals surface area contributed by atoms with E-state index in [-0.39, 0.29) is 11.8 Å². The Kier molecular flexibility index (Phi) is 3.66. The molecule has 1 aliphatic rings. The summed E-state index contributed by atoms with van der Waals surface area (Å²) in [5.41, 5.74) is 0.754. The van der Waals surface area contributed by atoms with Crippen molar-refractivity contribution in [2.75, 3.05) is 11.4 Å². The SMILES string of the molecule is C[C@H](C(=O)N[C@H]1CCN(c2cnn(C)c2)C1=O)n1cccn1. The monoisotopic (exact) mass is 302 g/mol.